The average Bonchev–Trinajstić information content (AvgIpc) is 2.05. The van der Waals surface area contributed by atoms with Crippen LogP contribution in [0.3, 0.4) is 0 Å². The number of carbonyl (C=O) groups is 1. The van der Waals surface area contributed by atoms with Crippen LogP contribution >= 0.6 is 0 Å². The van der Waals surface area contributed by atoms with Crippen LogP contribution < -0.4 is 0 Å². The Morgan fingerprint density at radius 3 is 2.46 bits per heavy atom. The number of carbonyl (C=O) groups excluding carboxylic acids is 1. The molecule has 0 rings (SSSR count). The third-order valence-corrected chi connectivity index (χ3v) is 2.04. The van der Waals surface area contributed by atoms with Crippen molar-refractivity contribution in [2.45, 2.75) is 46.1 Å². The van der Waals surface area contributed by atoms with E-state index in [0.717, 1.165) is 12.8 Å². The number of hydrogen-bond acceptors (Lipinski definition) is 3. The van der Waals surface area contributed by atoms with Crippen molar-refractivity contribution in [3.8, 4) is 0 Å². The lowest BCUT2D eigenvalue weighted by molar-refractivity contribution is -0.152. The molecule has 0 spiro atoms. The summed E-state index contributed by atoms with van der Waals surface area (Å²) in [4.78, 5) is 11.3. The Morgan fingerprint density at radius 2 is 2.08 bits per heavy atom. The topological polar surface area (TPSA) is 46.5 Å². The van der Waals surface area contributed by atoms with Crippen LogP contribution in [0.4, 0.5) is 0 Å². The number of unbranched alkanes of at least 4 members (excludes halogenated alkanes) is 1. The molecule has 0 heterocycles. The second-order valence-electron chi connectivity index (χ2n) is 3.24. The van der Waals surface area contributed by atoms with Gasteiger partial charge in [0.2, 0.25) is 0 Å². The highest BCUT2D eigenvalue weighted by atomic mass is 16.5. The standard InChI is InChI=1S/C10H20O3/c1-4-6-7-9(8(3)11)10(12)13-5-2/h8-9,11H,4-7H2,1-3H3/t8-,9+/m0/s1. The quantitative estimate of drug-likeness (QED) is 0.646. The van der Waals surface area contributed by atoms with Gasteiger partial charge in [-0.2, -0.15) is 0 Å². The molecule has 13 heavy (non-hydrogen) atoms. The molecule has 3 heteroatoms. The van der Waals surface area contributed by atoms with E-state index >= 15 is 0 Å². The Morgan fingerprint density at radius 1 is 1.46 bits per heavy atom. The zero-order valence-corrected chi connectivity index (χ0v) is 8.75. The van der Waals surface area contributed by atoms with Gasteiger partial charge in [-0.1, -0.05) is 19.8 Å². The third-order valence-electron chi connectivity index (χ3n) is 2.04. The summed E-state index contributed by atoms with van der Waals surface area (Å²) in [5, 5.41) is 9.33. The van der Waals surface area contributed by atoms with Crippen molar-refractivity contribution in [2.24, 2.45) is 5.92 Å². The van der Waals surface area contributed by atoms with Crippen molar-refractivity contribution in [2.75, 3.05) is 6.61 Å². The monoisotopic (exact) mass is 188 g/mol. The van der Waals surface area contributed by atoms with Crippen LogP contribution in [0.25, 0.3) is 0 Å². The molecule has 78 valence electrons. The number of esters is 1. The van der Waals surface area contributed by atoms with Crippen molar-refractivity contribution in [1.82, 2.24) is 0 Å². The Bertz CT molecular complexity index is 143. The molecule has 0 aliphatic heterocycles. The largest absolute Gasteiger partial charge is 0.466 e. The van der Waals surface area contributed by atoms with E-state index in [1.165, 1.54) is 0 Å². The average molecular weight is 188 g/mol. The van der Waals surface area contributed by atoms with Crippen molar-refractivity contribution in [3.63, 3.8) is 0 Å². The molecule has 0 aromatic rings. The summed E-state index contributed by atoms with van der Waals surface area (Å²) < 4.78 is 4.86. The molecule has 0 fully saturated rings. The summed E-state index contributed by atoms with van der Waals surface area (Å²) in [7, 11) is 0. The first kappa shape index (κ1) is 12.4. The van der Waals surface area contributed by atoms with Crippen LogP contribution in [0, 0.1) is 5.92 Å². The molecule has 0 bridgehead atoms. The zero-order chi connectivity index (χ0) is 10.3. The summed E-state index contributed by atoms with van der Waals surface area (Å²) in [5.74, 6) is -0.620. The van der Waals surface area contributed by atoms with Crippen molar-refractivity contribution in [1.29, 1.82) is 0 Å². The van der Waals surface area contributed by atoms with E-state index in [4.69, 9.17) is 4.74 Å². The van der Waals surface area contributed by atoms with Gasteiger partial charge in [0.15, 0.2) is 0 Å². The van der Waals surface area contributed by atoms with Crippen LogP contribution in [0.15, 0.2) is 0 Å². The molecule has 0 aromatic carbocycles. The van der Waals surface area contributed by atoms with Gasteiger partial charge in [0.05, 0.1) is 18.6 Å². The van der Waals surface area contributed by atoms with E-state index in [-0.39, 0.29) is 11.9 Å². The predicted octanol–water partition coefficient (Wildman–Crippen LogP) is 1.74. The molecule has 3 nitrogen and oxygen atoms in total. The van der Waals surface area contributed by atoms with Gasteiger partial charge in [-0.15, -0.1) is 0 Å². The summed E-state index contributed by atoms with van der Waals surface area (Å²) >= 11 is 0. The molecule has 0 amide bonds. The van der Waals surface area contributed by atoms with Gasteiger partial charge in [-0.3, -0.25) is 4.79 Å². The summed E-state index contributed by atoms with van der Waals surface area (Å²) in [5.41, 5.74) is 0. The van der Waals surface area contributed by atoms with E-state index in [0.29, 0.717) is 13.0 Å². The summed E-state index contributed by atoms with van der Waals surface area (Å²) in [6, 6.07) is 0. The minimum atomic E-state index is -0.606. The molecule has 0 radical (unpaired) electrons. The Labute approximate surface area is 80.1 Å². The van der Waals surface area contributed by atoms with Crippen LogP contribution in [0.2, 0.25) is 0 Å². The van der Waals surface area contributed by atoms with Gasteiger partial charge in [0.25, 0.3) is 0 Å². The predicted molar refractivity (Wildman–Crippen MR) is 51.3 cm³/mol. The molecular formula is C10H20O3. The molecule has 1 N–H and O–H groups in total. The summed E-state index contributed by atoms with van der Waals surface area (Å²) in [6.45, 7) is 5.85. The second-order valence-corrected chi connectivity index (χ2v) is 3.24. The fourth-order valence-corrected chi connectivity index (χ4v) is 1.23. The highest BCUT2D eigenvalue weighted by molar-refractivity contribution is 5.72. The maximum Gasteiger partial charge on any atom is 0.311 e. The van der Waals surface area contributed by atoms with Crippen LogP contribution in [-0.2, 0) is 9.53 Å². The Kier molecular flexibility index (Phi) is 6.59. The van der Waals surface area contributed by atoms with Crippen LogP contribution in [-0.4, -0.2) is 23.8 Å². The third kappa shape index (κ3) is 4.88. The maximum absolute atomic E-state index is 11.3. The highest BCUT2D eigenvalue weighted by Crippen LogP contribution is 2.14. The lowest BCUT2D eigenvalue weighted by Crippen LogP contribution is -2.27. The number of hydrogen-bond donors (Lipinski definition) is 1. The first-order chi connectivity index (χ1) is 6.13. The first-order valence-electron chi connectivity index (χ1n) is 4.98. The highest BCUT2D eigenvalue weighted by Gasteiger charge is 2.23. The summed E-state index contributed by atoms with van der Waals surface area (Å²) in [6.07, 6.45) is 2.09. The normalized spacial score (nSPS) is 15.1. The molecule has 0 unspecified atom stereocenters. The molecule has 0 aliphatic rings. The van der Waals surface area contributed by atoms with E-state index in [9.17, 15) is 9.90 Å². The van der Waals surface area contributed by atoms with Crippen LogP contribution in [0.5, 0.6) is 0 Å². The molecular weight excluding hydrogens is 168 g/mol. The number of aliphatic hydroxyl groups is 1. The zero-order valence-electron chi connectivity index (χ0n) is 8.75. The molecule has 0 saturated carbocycles. The maximum atomic E-state index is 11.3. The second kappa shape index (κ2) is 6.89. The molecule has 0 saturated heterocycles. The van der Waals surface area contributed by atoms with Gasteiger partial charge in [-0.05, 0) is 20.3 Å². The Hall–Kier alpha value is -0.570. The SMILES string of the molecule is CCCC[C@@H](C(=O)OCC)[C@H](C)O. The first-order valence-corrected chi connectivity index (χ1v) is 4.98. The fraction of sp³-hybridized carbons (Fsp3) is 0.900. The van der Waals surface area contributed by atoms with Gasteiger partial charge < -0.3 is 9.84 Å². The van der Waals surface area contributed by atoms with E-state index in [2.05, 4.69) is 6.92 Å². The Balaban J connectivity index is 3.99. The van der Waals surface area contributed by atoms with E-state index in [1.54, 1.807) is 13.8 Å². The smallest absolute Gasteiger partial charge is 0.311 e. The van der Waals surface area contributed by atoms with Crippen molar-refractivity contribution >= 4 is 5.97 Å². The molecule has 0 aromatic heterocycles. The van der Waals surface area contributed by atoms with Gasteiger partial charge in [-0.25, -0.2) is 0 Å². The van der Waals surface area contributed by atoms with Gasteiger partial charge in [0.1, 0.15) is 0 Å². The number of ether oxygens (including phenoxy) is 1. The van der Waals surface area contributed by atoms with E-state index in [1.807, 2.05) is 0 Å². The van der Waals surface area contributed by atoms with Gasteiger partial charge >= 0.3 is 5.97 Å². The fourth-order valence-electron chi connectivity index (χ4n) is 1.23. The minimum absolute atomic E-state index is 0.272. The van der Waals surface area contributed by atoms with Crippen molar-refractivity contribution < 1.29 is 14.6 Å². The molecule has 0 aliphatic carbocycles. The molecule has 2 atom stereocenters. The van der Waals surface area contributed by atoms with Crippen LogP contribution in [0.1, 0.15) is 40.0 Å². The number of rotatable bonds is 6. The number of aliphatic hydroxyl groups excluding tert-OH is 1. The van der Waals surface area contributed by atoms with E-state index < -0.39 is 6.10 Å². The lowest BCUT2D eigenvalue weighted by atomic mass is 9.97. The lowest BCUT2D eigenvalue weighted by Gasteiger charge is -2.17. The minimum Gasteiger partial charge on any atom is -0.466 e. The van der Waals surface area contributed by atoms with Gasteiger partial charge in [0, 0.05) is 0 Å². The van der Waals surface area contributed by atoms with Crippen molar-refractivity contribution in [3.05, 3.63) is 0 Å².